The molecule has 3 saturated carbocycles. The van der Waals surface area contributed by atoms with Gasteiger partial charge in [0.05, 0.1) is 56.2 Å². The lowest BCUT2D eigenvalue weighted by Crippen LogP contribution is -2.67. The Morgan fingerprint density at radius 2 is 1.68 bits per heavy atom. The van der Waals surface area contributed by atoms with Gasteiger partial charge in [-0.2, -0.15) is 13.2 Å². The summed E-state index contributed by atoms with van der Waals surface area (Å²) in [6.45, 7) is 6.30. The Labute approximate surface area is 347 Å². The number of aliphatic hydroxyl groups excluding tert-OH is 1. The average molecular weight is 838 g/mol. The van der Waals surface area contributed by atoms with E-state index in [9.17, 15) is 28.2 Å². The molecule has 3 fully saturated rings. The van der Waals surface area contributed by atoms with Gasteiger partial charge in [0.1, 0.15) is 17.3 Å². The van der Waals surface area contributed by atoms with Crippen molar-refractivity contribution in [2.75, 3.05) is 27.4 Å². The summed E-state index contributed by atoms with van der Waals surface area (Å²) in [5.41, 5.74) is -3.63. The molecule has 6 aliphatic rings. The number of alkyl halides is 3. The summed E-state index contributed by atoms with van der Waals surface area (Å²) >= 11 is 6.39. The first-order valence-electron chi connectivity index (χ1n) is 20.4. The van der Waals surface area contributed by atoms with Gasteiger partial charge in [0.25, 0.3) is 0 Å². The van der Waals surface area contributed by atoms with Crippen LogP contribution in [0, 0.1) is 33.5 Å². The van der Waals surface area contributed by atoms with Gasteiger partial charge in [0.15, 0.2) is 5.76 Å². The number of carbonyl (C=O) groups is 2. The van der Waals surface area contributed by atoms with E-state index in [2.05, 4.69) is 26.0 Å². The van der Waals surface area contributed by atoms with E-state index in [0.29, 0.717) is 61.2 Å². The molecule has 8 unspecified atom stereocenters. The SMILES string of the molecule is CCOC(=O)N(Cc1ccc(OC)cc1OC)CC1(O)CCC2C34C=CC5(C=C3C(=O)c3ccc(-c6cc(C(F)(F)F)ccc6Cl)o3)CC(O)CCC5(C)C4CCC21C. The number of hydrogen-bond donors (Lipinski definition) is 2. The van der Waals surface area contributed by atoms with E-state index in [1.165, 1.54) is 17.0 Å². The van der Waals surface area contributed by atoms with Gasteiger partial charge in [-0.25, -0.2) is 4.79 Å². The number of allylic oxidation sites excluding steroid dienone is 4. The maximum atomic E-state index is 15.1. The number of ether oxygens (including phenoxy) is 3. The molecule has 59 heavy (non-hydrogen) atoms. The first-order valence-corrected chi connectivity index (χ1v) is 20.7. The molecule has 9 nitrogen and oxygen atoms in total. The number of ketones is 1. The van der Waals surface area contributed by atoms with Crippen molar-refractivity contribution in [2.24, 2.45) is 33.5 Å². The van der Waals surface area contributed by atoms with Gasteiger partial charge in [-0.05, 0) is 112 Å². The molecule has 6 aliphatic carbocycles. The van der Waals surface area contributed by atoms with Crippen LogP contribution in [0.15, 0.2) is 76.7 Å². The van der Waals surface area contributed by atoms with E-state index in [1.807, 2.05) is 12.1 Å². The van der Waals surface area contributed by atoms with Gasteiger partial charge in [-0.1, -0.05) is 43.7 Å². The fraction of sp³-hybridized carbons (Fsp3) is 0.522. The molecule has 0 aliphatic heterocycles. The number of Topliss-reactive ketones (excluding diaryl/α,β-unsaturated/α-hetero) is 1. The smallest absolute Gasteiger partial charge is 0.416 e. The lowest BCUT2D eigenvalue weighted by molar-refractivity contribution is -0.175. The van der Waals surface area contributed by atoms with Crippen LogP contribution in [0.3, 0.4) is 0 Å². The fourth-order valence-corrected chi connectivity index (χ4v) is 12.3. The zero-order valence-electron chi connectivity index (χ0n) is 34.0. The van der Waals surface area contributed by atoms with E-state index < -0.39 is 51.6 Å². The number of hydrogen-bond acceptors (Lipinski definition) is 8. The molecule has 8 atom stereocenters. The predicted octanol–water partition coefficient (Wildman–Crippen LogP) is 10.1. The van der Waals surface area contributed by atoms with Gasteiger partial charge < -0.3 is 33.7 Å². The molecule has 3 aromatic rings. The Morgan fingerprint density at radius 3 is 2.39 bits per heavy atom. The maximum Gasteiger partial charge on any atom is 0.416 e. The summed E-state index contributed by atoms with van der Waals surface area (Å²) < 4.78 is 63.8. The van der Waals surface area contributed by atoms with Crippen molar-refractivity contribution >= 4 is 23.5 Å². The van der Waals surface area contributed by atoms with E-state index >= 15 is 4.79 Å². The summed E-state index contributed by atoms with van der Waals surface area (Å²) in [6.07, 6.45) is 4.67. The molecule has 2 spiro atoms. The Hall–Kier alpha value is -4.26. The molecule has 1 amide bonds. The quantitative estimate of drug-likeness (QED) is 0.153. The number of furan rings is 1. The van der Waals surface area contributed by atoms with Crippen LogP contribution in [-0.4, -0.2) is 66.1 Å². The minimum absolute atomic E-state index is 0.0155. The Morgan fingerprint density at radius 1 is 0.949 bits per heavy atom. The molecule has 316 valence electrons. The van der Waals surface area contributed by atoms with E-state index in [-0.39, 0.29) is 59.1 Å². The first kappa shape index (κ1) is 41.5. The highest BCUT2D eigenvalue weighted by Crippen LogP contribution is 2.78. The summed E-state index contributed by atoms with van der Waals surface area (Å²) in [5, 5.41) is 24.2. The van der Waals surface area contributed by atoms with Crippen molar-refractivity contribution in [3.63, 3.8) is 0 Å². The van der Waals surface area contributed by atoms with Gasteiger partial charge in [0, 0.05) is 39.0 Å². The first-order chi connectivity index (χ1) is 27.9. The highest BCUT2D eigenvalue weighted by molar-refractivity contribution is 6.33. The minimum atomic E-state index is -4.61. The number of methoxy groups -OCH3 is 2. The molecule has 9 rings (SSSR count). The van der Waals surface area contributed by atoms with Crippen LogP contribution < -0.4 is 9.47 Å². The summed E-state index contributed by atoms with van der Waals surface area (Å²) in [6, 6.07) is 11.3. The van der Waals surface area contributed by atoms with Crippen LogP contribution in [0.5, 0.6) is 11.5 Å². The fourth-order valence-electron chi connectivity index (χ4n) is 12.1. The Bertz CT molecular complexity index is 2240. The monoisotopic (exact) mass is 837 g/mol. The third-order valence-corrected chi connectivity index (χ3v) is 15.5. The van der Waals surface area contributed by atoms with Crippen molar-refractivity contribution in [2.45, 2.75) is 90.1 Å². The normalized spacial score (nSPS) is 33.1. The third-order valence-electron chi connectivity index (χ3n) is 15.2. The zero-order chi connectivity index (χ0) is 42.3. The van der Waals surface area contributed by atoms with Crippen molar-refractivity contribution in [3.05, 3.63) is 94.2 Å². The standard InChI is InChI=1S/C46H51ClF3NO8/c1-6-58-40(54)51(25-27-7-9-30(56-4)22-36(27)57-5)26-44(55)18-15-38-42(44,3)17-14-37-41(2)16-13-29(52)23-43(41)19-20-45(37,38)32(24-43)39(53)35-12-11-34(59-35)31-21-28(46(48,49)50)8-10-33(31)47/h7-12,19-22,24,29,37-38,52,55H,6,13-18,23,25-26H2,1-5H3. The van der Waals surface area contributed by atoms with Gasteiger partial charge in [-0.15, -0.1) is 0 Å². The van der Waals surface area contributed by atoms with Crippen LogP contribution >= 0.6 is 11.6 Å². The zero-order valence-corrected chi connectivity index (χ0v) is 34.7. The van der Waals surface area contributed by atoms with Gasteiger partial charge in [0.2, 0.25) is 5.78 Å². The maximum absolute atomic E-state index is 15.1. The topological polar surface area (TPSA) is 119 Å². The van der Waals surface area contributed by atoms with Crippen molar-refractivity contribution in [1.82, 2.24) is 4.90 Å². The summed E-state index contributed by atoms with van der Waals surface area (Å²) in [7, 11) is 3.10. The third kappa shape index (κ3) is 6.25. The number of amides is 1. The molecule has 0 radical (unpaired) electrons. The van der Waals surface area contributed by atoms with Crippen LogP contribution in [0.2, 0.25) is 5.02 Å². The number of aliphatic hydroxyl groups is 2. The molecule has 1 heterocycles. The van der Waals surface area contributed by atoms with Crippen molar-refractivity contribution in [1.29, 1.82) is 0 Å². The number of rotatable bonds is 10. The number of fused-ring (bicyclic) bond motifs is 1. The molecule has 2 aromatic carbocycles. The van der Waals surface area contributed by atoms with Crippen molar-refractivity contribution in [3.8, 4) is 22.8 Å². The number of halogens is 4. The van der Waals surface area contributed by atoms with Crippen LogP contribution in [-0.2, 0) is 17.5 Å². The van der Waals surface area contributed by atoms with Crippen LogP contribution in [0.1, 0.15) is 87.4 Å². The van der Waals surface area contributed by atoms with Crippen molar-refractivity contribution < 1.29 is 51.6 Å². The molecule has 0 saturated heterocycles. The minimum Gasteiger partial charge on any atom is -0.497 e. The number of carbonyl (C=O) groups excluding carboxylic acids is 2. The Balaban J connectivity index is 1.19. The highest BCUT2D eigenvalue weighted by atomic mass is 35.5. The second kappa shape index (κ2) is 14.4. The van der Waals surface area contributed by atoms with E-state index in [4.69, 9.17) is 30.2 Å². The predicted molar refractivity (Wildman–Crippen MR) is 214 cm³/mol. The molecule has 1 aromatic heterocycles. The molecule has 13 heteroatoms. The lowest BCUT2D eigenvalue weighted by Gasteiger charge is -2.71. The molecular formula is C46H51ClF3NO8. The van der Waals surface area contributed by atoms with Gasteiger partial charge >= 0.3 is 12.3 Å². The average Bonchev–Trinajstić information content (AvgIpc) is 3.79. The second-order valence-electron chi connectivity index (χ2n) is 17.7. The van der Waals surface area contributed by atoms with Crippen LogP contribution in [0.25, 0.3) is 11.3 Å². The second-order valence-corrected chi connectivity index (χ2v) is 18.1. The summed E-state index contributed by atoms with van der Waals surface area (Å²) in [5.74, 6) is 0.432. The molecule has 2 N–H and O–H groups in total. The summed E-state index contributed by atoms with van der Waals surface area (Å²) in [4.78, 5) is 30.4. The highest BCUT2D eigenvalue weighted by Gasteiger charge is 2.74. The van der Waals surface area contributed by atoms with Crippen LogP contribution in [0.4, 0.5) is 18.0 Å². The Kier molecular flexibility index (Phi) is 10.2. The molecular weight excluding hydrogens is 787 g/mol. The van der Waals surface area contributed by atoms with E-state index in [1.54, 1.807) is 33.3 Å². The number of benzene rings is 2. The molecule has 2 bridgehead atoms. The van der Waals surface area contributed by atoms with E-state index in [0.717, 1.165) is 24.6 Å². The van der Waals surface area contributed by atoms with Gasteiger partial charge in [-0.3, -0.25) is 4.79 Å². The number of nitrogens with zero attached hydrogens (tertiary/aromatic N) is 1. The largest absolute Gasteiger partial charge is 0.497 e. The lowest BCUT2D eigenvalue weighted by atomic mass is 9.32.